The molecule has 1 saturated heterocycles. The first-order valence-electron chi connectivity index (χ1n) is 10.5. The van der Waals surface area contributed by atoms with Crippen LogP contribution in [0.1, 0.15) is 24.0 Å². The third-order valence-corrected chi connectivity index (χ3v) is 5.93. The molecule has 0 radical (unpaired) electrons. The smallest absolute Gasteiger partial charge is 0.231 e. The van der Waals surface area contributed by atoms with Crippen molar-refractivity contribution in [2.24, 2.45) is 0 Å². The van der Waals surface area contributed by atoms with Crippen LogP contribution in [0.2, 0.25) is 0 Å². The van der Waals surface area contributed by atoms with Gasteiger partial charge >= 0.3 is 0 Å². The molecule has 0 atom stereocenters. The average molecular weight is 405 g/mol. The molecule has 156 valence electrons. The van der Waals surface area contributed by atoms with Gasteiger partial charge in [0, 0.05) is 44.1 Å². The third kappa shape index (κ3) is 4.06. The van der Waals surface area contributed by atoms with Crippen LogP contribution in [0.15, 0.2) is 54.7 Å². The lowest BCUT2D eigenvalue weighted by atomic mass is 10.0. The predicted octanol–water partition coefficient (Wildman–Crippen LogP) is 3.94. The summed E-state index contributed by atoms with van der Waals surface area (Å²) in [6.45, 7) is 4.01. The molecule has 0 saturated carbocycles. The predicted molar refractivity (Wildman–Crippen MR) is 115 cm³/mol. The molecule has 30 heavy (non-hydrogen) atoms. The van der Waals surface area contributed by atoms with E-state index in [1.54, 1.807) is 0 Å². The van der Waals surface area contributed by atoms with E-state index in [1.165, 1.54) is 11.1 Å². The van der Waals surface area contributed by atoms with Crippen molar-refractivity contribution in [3.05, 3.63) is 65.9 Å². The summed E-state index contributed by atoms with van der Waals surface area (Å²) >= 11 is 0. The maximum atomic E-state index is 5.60. The first-order valence-corrected chi connectivity index (χ1v) is 10.5. The summed E-state index contributed by atoms with van der Waals surface area (Å²) in [4.78, 5) is 2.50. The molecule has 2 aliphatic heterocycles. The molecular formula is C24H27N3O3. The van der Waals surface area contributed by atoms with Gasteiger partial charge in [-0.2, -0.15) is 5.10 Å². The largest absolute Gasteiger partial charge is 0.454 e. The molecule has 1 aromatic heterocycles. The number of rotatable bonds is 6. The maximum Gasteiger partial charge on any atom is 0.231 e. The molecule has 2 aliphatic rings. The number of nitrogens with zero attached hydrogens (tertiary/aromatic N) is 3. The number of hydrogen-bond donors (Lipinski definition) is 0. The van der Waals surface area contributed by atoms with E-state index < -0.39 is 0 Å². The Morgan fingerprint density at radius 2 is 1.80 bits per heavy atom. The highest BCUT2D eigenvalue weighted by Gasteiger charge is 2.22. The number of likely N-dealkylation sites (tertiary alicyclic amines) is 1. The van der Waals surface area contributed by atoms with Gasteiger partial charge in [-0.25, -0.2) is 0 Å². The van der Waals surface area contributed by atoms with Crippen molar-refractivity contribution in [1.29, 1.82) is 0 Å². The Morgan fingerprint density at radius 1 is 1.00 bits per heavy atom. The topological polar surface area (TPSA) is 48.8 Å². The highest BCUT2D eigenvalue weighted by molar-refractivity contribution is 5.67. The summed E-state index contributed by atoms with van der Waals surface area (Å²) in [5, 5.41) is 4.97. The first-order chi connectivity index (χ1) is 14.8. The second-order valence-corrected chi connectivity index (χ2v) is 7.97. The molecule has 6 heteroatoms. The normalized spacial score (nSPS) is 16.8. The Morgan fingerprint density at radius 3 is 2.60 bits per heavy atom. The van der Waals surface area contributed by atoms with Gasteiger partial charge < -0.3 is 14.2 Å². The van der Waals surface area contributed by atoms with Crippen LogP contribution in [0.4, 0.5) is 0 Å². The van der Waals surface area contributed by atoms with E-state index in [9.17, 15) is 0 Å². The van der Waals surface area contributed by atoms with Crippen molar-refractivity contribution >= 4 is 0 Å². The first kappa shape index (κ1) is 19.2. The zero-order valence-corrected chi connectivity index (χ0v) is 17.3. The number of fused-ring (bicyclic) bond motifs is 1. The van der Waals surface area contributed by atoms with Gasteiger partial charge in [0.2, 0.25) is 6.79 Å². The molecule has 2 aromatic carbocycles. The summed E-state index contributed by atoms with van der Waals surface area (Å²) in [5.41, 5.74) is 4.55. The van der Waals surface area contributed by atoms with Crippen molar-refractivity contribution < 1.29 is 14.2 Å². The SMILES string of the molecule is COC1CCN(Cc2cn(Cc3ccccc3)nc2-c2ccc3c(c2)OCO3)CC1. The minimum Gasteiger partial charge on any atom is -0.454 e. The zero-order valence-electron chi connectivity index (χ0n) is 17.3. The fourth-order valence-corrected chi connectivity index (χ4v) is 4.26. The van der Waals surface area contributed by atoms with Gasteiger partial charge in [-0.15, -0.1) is 0 Å². The highest BCUT2D eigenvalue weighted by atomic mass is 16.7. The van der Waals surface area contributed by atoms with Crippen LogP contribution in [-0.4, -0.2) is 47.8 Å². The molecule has 0 aliphatic carbocycles. The van der Waals surface area contributed by atoms with Crippen molar-refractivity contribution in [2.45, 2.75) is 32.0 Å². The van der Waals surface area contributed by atoms with Gasteiger partial charge in [-0.1, -0.05) is 30.3 Å². The molecule has 3 heterocycles. The molecule has 0 amide bonds. The summed E-state index contributed by atoms with van der Waals surface area (Å²) in [5.74, 6) is 1.59. The lowest BCUT2D eigenvalue weighted by molar-refractivity contribution is 0.0389. The van der Waals surface area contributed by atoms with E-state index in [4.69, 9.17) is 19.3 Å². The number of piperidine rings is 1. The van der Waals surface area contributed by atoms with E-state index in [-0.39, 0.29) is 6.79 Å². The lowest BCUT2D eigenvalue weighted by Crippen LogP contribution is -2.36. The van der Waals surface area contributed by atoms with E-state index in [0.717, 1.165) is 61.8 Å². The van der Waals surface area contributed by atoms with Crippen LogP contribution >= 0.6 is 0 Å². The molecule has 1 fully saturated rings. The second-order valence-electron chi connectivity index (χ2n) is 7.97. The number of aromatic nitrogens is 2. The van der Waals surface area contributed by atoms with E-state index in [0.29, 0.717) is 6.10 Å². The van der Waals surface area contributed by atoms with Crippen LogP contribution in [-0.2, 0) is 17.8 Å². The number of benzene rings is 2. The standard InChI is InChI=1S/C24H27N3O3/c1-28-21-9-11-26(12-10-21)15-20-16-27(14-18-5-3-2-4-6-18)25-24(20)19-7-8-22-23(13-19)30-17-29-22/h2-8,13,16,21H,9-12,14-15,17H2,1H3. The average Bonchev–Trinajstić information content (AvgIpc) is 3.41. The van der Waals surface area contributed by atoms with Crippen molar-refractivity contribution in [3.8, 4) is 22.8 Å². The second kappa shape index (κ2) is 8.50. The van der Waals surface area contributed by atoms with Crippen LogP contribution < -0.4 is 9.47 Å². The van der Waals surface area contributed by atoms with Gasteiger partial charge in [0.05, 0.1) is 18.3 Å². The van der Waals surface area contributed by atoms with Crippen LogP contribution in [0.5, 0.6) is 11.5 Å². The minimum atomic E-state index is 0.280. The Kier molecular flexibility index (Phi) is 5.43. The van der Waals surface area contributed by atoms with Gasteiger partial charge in [0.15, 0.2) is 11.5 Å². The van der Waals surface area contributed by atoms with Crippen molar-refractivity contribution in [1.82, 2.24) is 14.7 Å². The van der Waals surface area contributed by atoms with Gasteiger partial charge in [0.25, 0.3) is 0 Å². The summed E-state index contributed by atoms with van der Waals surface area (Å²) in [7, 11) is 1.81. The number of ether oxygens (including phenoxy) is 3. The monoisotopic (exact) mass is 405 g/mol. The Labute approximate surface area is 177 Å². The summed E-state index contributed by atoms with van der Waals surface area (Å²) < 4.78 is 18.6. The van der Waals surface area contributed by atoms with E-state index in [2.05, 4.69) is 41.4 Å². The molecular weight excluding hydrogens is 378 g/mol. The Bertz CT molecular complexity index is 994. The fraction of sp³-hybridized carbons (Fsp3) is 0.375. The van der Waals surface area contributed by atoms with E-state index >= 15 is 0 Å². The number of methoxy groups -OCH3 is 1. The van der Waals surface area contributed by atoms with Crippen molar-refractivity contribution in [2.75, 3.05) is 27.0 Å². The molecule has 3 aromatic rings. The van der Waals surface area contributed by atoms with Crippen molar-refractivity contribution in [3.63, 3.8) is 0 Å². The molecule has 0 spiro atoms. The van der Waals surface area contributed by atoms with Crippen LogP contribution in [0.3, 0.4) is 0 Å². The van der Waals surface area contributed by atoms with Crippen LogP contribution in [0, 0.1) is 0 Å². The molecule has 5 rings (SSSR count). The van der Waals surface area contributed by atoms with Gasteiger partial charge in [-0.3, -0.25) is 9.58 Å². The summed E-state index contributed by atoms with van der Waals surface area (Å²) in [6.07, 6.45) is 4.73. The Hall–Kier alpha value is -2.83. The Balaban J connectivity index is 1.43. The lowest BCUT2D eigenvalue weighted by Gasteiger charge is -2.31. The molecule has 0 unspecified atom stereocenters. The number of hydrogen-bond acceptors (Lipinski definition) is 5. The van der Waals surface area contributed by atoms with Gasteiger partial charge in [0.1, 0.15) is 0 Å². The highest BCUT2D eigenvalue weighted by Crippen LogP contribution is 2.36. The fourth-order valence-electron chi connectivity index (χ4n) is 4.26. The molecule has 0 N–H and O–H groups in total. The zero-order chi connectivity index (χ0) is 20.3. The van der Waals surface area contributed by atoms with E-state index in [1.807, 2.05) is 30.0 Å². The molecule has 0 bridgehead atoms. The van der Waals surface area contributed by atoms with Crippen LogP contribution in [0.25, 0.3) is 11.3 Å². The summed E-state index contributed by atoms with van der Waals surface area (Å²) in [6, 6.07) is 16.5. The third-order valence-electron chi connectivity index (χ3n) is 5.93. The maximum absolute atomic E-state index is 5.60. The minimum absolute atomic E-state index is 0.280. The van der Waals surface area contributed by atoms with Gasteiger partial charge in [-0.05, 0) is 36.6 Å². The quantitative estimate of drug-likeness (QED) is 0.622. The molecule has 6 nitrogen and oxygen atoms in total.